The van der Waals surface area contributed by atoms with E-state index in [-0.39, 0.29) is 0 Å². The molecule has 26 heavy (non-hydrogen) atoms. The summed E-state index contributed by atoms with van der Waals surface area (Å²) in [5.74, 6) is 0.302. The van der Waals surface area contributed by atoms with Crippen molar-refractivity contribution in [1.29, 1.82) is 0 Å². The monoisotopic (exact) mass is 349 g/mol. The lowest BCUT2D eigenvalue weighted by Gasteiger charge is -2.36. The predicted molar refractivity (Wildman–Crippen MR) is 105 cm³/mol. The van der Waals surface area contributed by atoms with Crippen LogP contribution in [0.15, 0.2) is 54.6 Å². The molecule has 0 aromatic heterocycles. The number of anilines is 1. The van der Waals surface area contributed by atoms with Gasteiger partial charge < -0.3 is 9.80 Å². The van der Waals surface area contributed by atoms with Crippen LogP contribution >= 0.6 is 0 Å². The van der Waals surface area contributed by atoms with Crippen molar-refractivity contribution in [2.45, 2.75) is 19.4 Å². The Morgan fingerprint density at radius 1 is 0.808 bits per heavy atom. The molecule has 0 N–H and O–H groups in total. The lowest BCUT2D eigenvalue weighted by molar-refractivity contribution is -0.131. The van der Waals surface area contributed by atoms with Gasteiger partial charge in [0, 0.05) is 57.9 Å². The van der Waals surface area contributed by atoms with Gasteiger partial charge in [-0.3, -0.25) is 9.69 Å². The minimum atomic E-state index is 0.302. The van der Waals surface area contributed by atoms with Gasteiger partial charge in [0.05, 0.1) is 0 Å². The normalized spacial score (nSPS) is 17.8. The zero-order chi connectivity index (χ0) is 17.8. The summed E-state index contributed by atoms with van der Waals surface area (Å²) in [5.41, 5.74) is 4.14. The molecule has 0 atom stereocenters. The van der Waals surface area contributed by atoms with Gasteiger partial charge in [-0.15, -0.1) is 0 Å². The Bertz CT molecular complexity index is 738. The van der Waals surface area contributed by atoms with Crippen molar-refractivity contribution >= 4 is 11.6 Å². The van der Waals surface area contributed by atoms with Crippen LogP contribution in [0.5, 0.6) is 0 Å². The van der Waals surface area contributed by atoms with Gasteiger partial charge in [0.2, 0.25) is 5.91 Å². The van der Waals surface area contributed by atoms with Crippen LogP contribution in [0.4, 0.5) is 5.69 Å². The Balaban J connectivity index is 1.24. The Hall–Kier alpha value is -2.33. The molecule has 136 valence electrons. The summed E-state index contributed by atoms with van der Waals surface area (Å²) in [6, 6.07) is 19.1. The van der Waals surface area contributed by atoms with E-state index in [1.807, 2.05) is 11.0 Å². The molecule has 4 nitrogen and oxygen atoms in total. The number of amides is 1. The van der Waals surface area contributed by atoms with Crippen LogP contribution in [0.2, 0.25) is 0 Å². The highest BCUT2D eigenvalue weighted by Crippen LogP contribution is 2.19. The first-order valence-electron chi connectivity index (χ1n) is 9.66. The number of rotatable bonds is 4. The molecule has 0 spiro atoms. The average molecular weight is 349 g/mol. The second-order valence-electron chi connectivity index (χ2n) is 7.25. The van der Waals surface area contributed by atoms with Crippen molar-refractivity contribution in [2.75, 3.05) is 44.2 Å². The zero-order valence-electron chi connectivity index (χ0n) is 15.3. The molecular weight excluding hydrogens is 322 g/mol. The molecule has 0 unspecified atom stereocenters. The molecule has 1 amide bonds. The lowest BCUT2D eigenvalue weighted by atomic mass is 10.00. The summed E-state index contributed by atoms with van der Waals surface area (Å²) in [6.45, 7) is 6.41. The molecule has 0 saturated carbocycles. The first kappa shape index (κ1) is 17.1. The van der Waals surface area contributed by atoms with E-state index in [2.05, 4.69) is 58.3 Å². The van der Waals surface area contributed by atoms with Gasteiger partial charge >= 0.3 is 0 Å². The second kappa shape index (κ2) is 7.92. The maximum Gasteiger partial charge on any atom is 0.223 e. The van der Waals surface area contributed by atoms with Crippen LogP contribution < -0.4 is 4.90 Å². The number of piperazine rings is 1. The van der Waals surface area contributed by atoms with E-state index in [0.717, 1.165) is 52.2 Å². The first-order chi connectivity index (χ1) is 12.8. The van der Waals surface area contributed by atoms with E-state index in [1.54, 1.807) is 0 Å². The Morgan fingerprint density at radius 2 is 1.50 bits per heavy atom. The molecule has 0 radical (unpaired) electrons. The predicted octanol–water partition coefficient (Wildman–Crippen LogP) is 2.78. The largest absolute Gasteiger partial charge is 0.368 e. The molecule has 0 bridgehead atoms. The number of carbonyl (C=O) groups is 1. The van der Waals surface area contributed by atoms with Gasteiger partial charge in [0.15, 0.2) is 0 Å². The van der Waals surface area contributed by atoms with Crippen molar-refractivity contribution in [3.63, 3.8) is 0 Å². The fraction of sp³-hybridized carbons (Fsp3) is 0.409. The highest BCUT2D eigenvalue weighted by molar-refractivity contribution is 5.76. The van der Waals surface area contributed by atoms with Gasteiger partial charge in [-0.1, -0.05) is 42.5 Å². The van der Waals surface area contributed by atoms with Gasteiger partial charge in [-0.2, -0.15) is 0 Å². The molecule has 0 aliphatic carbocycles. The Kier molecular flexibility index (Phi) is 5.21. The smallest absolute Gasteiger partial charge is 0.223 e. The molecule has 1 fully saturated rings. The molecule has 4 heteroatoms. The van der Waals surface area contributed by atoms with Crippen molar-refractivity contribution < 1.29 is 4.79 Å². The summed E-state index contributed by atoms with van der Waals surface area (Å²) in [4.78, 5) is 19.4. The average Bonchev–Trinajstić information content (AvgIpc) is 2.72. The van der Waals surface area contributed by atoms with Crippen molar-refractivity contribution in [1.82, 2.24) is 9.80 Å². The standard InChI is InChI=1S/C22H27N3O/c26-22(11-13-23-12-10-19-6-4-5-7-20(19)18-23)25-16-14-24(15-17-25)21-8-2-1-3-9-21/h1-9H,10-18H2. The quantitative estimate of drug-likeness (QED) is 0.849. The van der Waals surface area contributed by atoms with Gasteiger partial charge in [-0.05, 0) is 29.7 Å². The maximum absolute atomic E-state index is 12.6. The van der Waals surface area contributed by atoms with E-state index in [0.29, 0.717) is 12.3 Å². The van der Waals surface area contributed by atoms with Gasteiger partial charge in [0.25, 0.3) is 0 Å². The molecule has 2 aromatic rings. The highest BCUT2D eigenvalue weighted by atomic mass is 16.2. The van der Waals surface area contributed by atoms with Crippen LogP contribution in [-0.2, 0) is 17.8 Å². The number of carbonyl (C=O) groups excluding carboxylic acids is 1. The number of nitrogens with zero attached hydrogens (tertiary/aromatic N) is 3. The van der Waals surface area contributed by atoms with Crippen LogP contribution in [-0.4, -0.2) is 55.0 Å². The van der Waals surface area contributed by atoms with Crippen LogP contribution in [0.1, 0.15) is 17.5 Å². The summed E-state index contributed by atoms with van der Waals surface area (Å²) in [7, 11) is 0. The number of para-hydroxylation sites is 1. The molecular formula is C22H27N3O. The van der Waals surface area contributed by atoms with Crippen molar-refractivity contribution in [2.24, 2.45) is 0 Å². The molecule has 2 aliphatic rings. The number of benzene rings is 2. The molecule has 2 heterocycles. The van der Waals surface area contributed by atoms with E-state index in [1.165, 1.54) is 16.8 Å². The molecule has 1 saturated heterocycles. The van der Waals surface area contributed by atoms with E-state index in [4.69, 9.17) is 0 Å². The fourth-order valence-electron chi connectivity index (χ4n) is 4.01. The molecule has 4 rings (SSSR count). The van der Waals surface area contributed by atoms with E-state index >= 15 is 0 Å². The minimum Gasteiger partial charge on any atom is -0.368 e. The third kappa shape index (κ3) is 3.91. The highest BCUT2D eigenvalue weighted by Gasteiger charge is 2.22. The van der Waals surface area contributed by atoms with Crippen LogP contribution in [0.3, 0.4) is 0 Å². The third-order valence-electron chi connectivity index (χ3n) is 5.61. The maximum atomic E-state index is 12.6. The molecule has 2 aliphatic heterocycles. The van der Waals surface area contributed by atoms with E-state index < -0.39 is 0 Å². The van der Waals surface area contributed by atoms with Gasteiger partial charge in [-0.25, -0.2) is 0 Å². The third-order valence-corrected chi connectivity index (χ3v) is 5.61. The number of hydrogen-bond acceptors (Lipinski definition) is 3. The SMILES string of the molecule is O=C(CCN1CCc2ccccc2C1)N1CCN(c2ccccc2)CC1. The van der Waals surface area contributed by atoms with E-state index in [9.17, 15) is 4.79 Å². The van der Waals surface area contributed by atoms with Crippen molar-refractivity contribution in [3.8, 4) is 0 Å². The van der Waals surface area contributed by atoms with Crippen molar-refractivity contribution in [3.05, 3.63) is 65.7 Å². The summed E-state index contributed by atoms with van der Waals surface area (Å²) in [6.07, 6.45) is 1.73. The Morgan fingerprint density at radius 3 is 2.27 bits per heavy atom. The van der Waals surface area contributed by atoms with Crippen LogP contribution in [0.25, 0.3) is 0 Å². The van der Waals surface area contributed by atoms with Crippen LogP contribution in [0, 0.1) is 0 Å². The fourth-order valence-corrected chi connectivity index (χ4v) is 4.01. The number of fused-ring (bicyclic) bond motifs is 1. The zero-order valence-corrected chi connectivity index (χ0v) is 15.3. The lowest BCUT2D eigenvalue weighted by Crippen LogP contribution is -2.49. The summed E-state index contributed by atoms with van der Waals surface area (Å²) < 4.78 is 0. The summed E-state index contributed by atoms with van der Waals surface area (Å²) >= 11 is 0. The topological polar surface area (TPSA) is 26.8 Å². The first-order valence-corrected chi connectivity index (χ1v) is 9.66. The minimum absolute atomic E-state index is 0.302. The number of hydrogen-bond donors (Lipinski definition) is 0. The summed E-state index contributed by atoms with van der Waals surface area (Å²) in [5, 5.41) is 0. The van der Waals surface area contributed by atoms with Gasteiger partial charge in [0.1, 0.15) is 0 Å². The second-order valence-corrected chi connectivity index (χ2v) is 7.25. The molecule has 2 aromatic carbocycles. The Labute approximate surface area is 156 Å².